The van der Waals surface area contributed by atoms with Crippen LogP contribution in [0.3, 0.4) is 0 Å². The average Bonchev–Trinajstić information content (AvgIpc) is 2.76. The van der Waals surface area contributed by atoms with E-state index in [1.54, 1.807) is 28.8 Å². The predicted molar refractivity (Wildman–Crippen MR) is 72.6 cm³/mol. The average molecular weight is 336 g/mol. The van der Waals surface area contributed by atoms with E-state index >= 15 is 0 Å². The minimum Gasteiger partial charge on any atom is -0.368 e. The van der Waals surface area contributed by atoms with Crippen molar-refractivity contribution in [3.63, 3.8) is 0 Å². The van der Waals surface area contributed by atoms with E-state index in [2.05, 4.69) is 4.98 Å². The van der Waals surface area contributed by atoms with Crippen molar-refractivity contribution in [2.45, 2.75) is 17.9 Å². The Bertz CT molecular complexity index is 725. The van der Waals surface area contributed by atoms with Crippen molar-refractivity contribution in [3.8, 4) is 0 Å². The minimum atomic E-state index is -5.43. The SMILES string of the molecule is O=P(O)(O)C(O)(CCc1cnc2ccccn12)P(=O)(O)O. The van der Waals surface area contributed by atoms with Crippen molar-refractivity contribution in [1.29, 1.82) is 0 Å². The molecule has 11 heteroatoms. The van der Waals surface area contributed by atoms with Crippen LogP contribution in [0.5, 0.6) is 0 Å². The fraction of sp³-hybridized carbons (Fsp3) is 0.300. The summed E-state index contributed by atoms with van der Waals surface area (Å²) in [5.74, 6) is 0. The number of rotatable bonds is 5. The smallest absolute Gasteiger partial charge is 0.368 e. The molecular weight excluding hydrogens is 322 g/mol. The van der Waals surface area contributed by atoms with E-state index in [-0.39, 0.29) is 6.42 Å². The highest BCUT2D eigenvalue weighted by atomic mass is 31.2. The van der Waals surface area contributed by atoms with Crippen LogP contribution >= 0.6 is 15.2 Å². The predicted octanol–water partition coefficient (Wildman–Crippen LogP) is 0.268. The third-order valence-corrected chi connectivity index (χ3v) is 7.02. The molecule has 21 heavy (non-hydrogen) atoms. The van der Waals surface area contributed by atoms with Crippen LogP contribution in [0.2, 0.25) is 0 Å². The second kappa shape index (κ2) is 5.30. The zero-order valence-corrected chi connectivity index (χ0v) is 12.4. The van der Waals surface area contributed by atoms with Crippen LogP contribution in [-0.2, 0) is 15.6 Å². The largest absolute Gasteiger partial charge is 0.369 e. The molecule has 0 fully saturated rings. The number of fused-ring (bicyclic) bond motifs is 1. The van der Waals surface area contributed by atoms with E-state index < -0.39 is 26.7 Å². The molecule has 0 atom stereocenters. The number of aliphatic hydroxyl groups is 1. The molecule has 2 aromatic heterocycles. The lowest BCUT2D eigenvalue weighted by atomic mass is 10.2. The van der Waals surface area contributed by atoms with Crippen molar-refractivity contribution in [2.75, 3.05) is 0 Å². The molecule has 9 nitrogen and oxygen atoms in total. The second-order valence-electron chi connectivity index (χ2n) is 4.54. The molecule has 2 rings (SSSR count). The maximum Gasteiger partial charge on any atom is 0.369 e. The van der Waals surface area contributed by atoms with Gasteiger partial charge in [0.1, 0.15) is 5.65 Å². The summed E-state index contributed by atoms with van der Waals surface area (Å²) in [5, 5.41) is 6.40. The van der Waals surface area contributed by atoms with Crippen LogP contribution < -0.4 is 0 Å². The Kier molecular flexibility index (Phi) is 4.12. The number of imidazole rings is 1. The third-order valence-electron chi connectivity index (χ3n) is 3.14. The maximum atomic E-state index is 11.3. The molecular formula is C10H14N2O7P2. The minimum absolute atomic E-state index is 0.169. The Balaban J connectivity index is 2.32. The number of aryl methyl sites for hydroxylation is 1. The quantitative estimate of drug-likeness (QED) is 0.488. The first-order chi connectivity index (χ1) is 9.56. The Morgan fingerprint density at radius 1 is 1.14 bits per heavy atom. The van der Waals surface area contributed by atoms with Gasteiger partial charge in [-0.05, 0) is 18.6 Å². The van der Waals surface area contributed by atoms with E-state index in [0.29, 0.717) is 11.3 Å². The van der Waals surface area contributed by atoms with Crippen molar-refractivity contribution in [1.82, 2.24) is 9.38 Å². The third kappa shape index (κ3) is 2.95. The lowest BCUT2D eigenvalue weighted by Gasteiger charge is -2.29. The summed E-state index contributed by atoms with van der Waals surface area (Å²) >= 11 is 0. The molecule has 0 aliphatic heterocycles. The van der Waals surface area contributed by atoms with Gasteiger partial charge < -0.3 is 29.1 Å². The van der Waals surface area contributed by atoms with Crippen molar-refractivity contribution in [3.05, 3.63) is 36.3 Å². The highest BCUT2D eigenvalue weighted by molar-refractivity contribution is 7.72. The summed E-state index contributed by atoms with van der Waals surface area (Å²) in [4.78, 5) is 40.3. The van der Waals surface area contributed by atoms with Crippen molar-refractivity contribution < 1.29 is 33.8 Å². The van der Waals surface area contributed by atoms with Crippen LogP contribution in [0.25, 0.3) is 5.65 Å². The van der Waals surface area contributed by atoms with Gasteiger partial charge in [-0.2, -0.15) is 0 Å². The van der Waals surface area contributed by atoms with Gasteiger partial charge in [0.2, 0.25) is 0 Å². The molecule has 116 valence electrons. The van der Waals surface area contributed by atoms with Gasteiger partial charge in [0.15, 0.2) is 0 Å². The molecule has 0 radical (unpaired) electrons. The summed E-state index contributed by atoms with van der Waals surface area (Å²) in [6.07, 6.45) is 2.09. The fourth-order valence-corrected chi connectivity index (χ4v) is 4.09. The van der Waals surface area contributed by atoms with Gasteiger partial charge in [-0.3, -0.25) is 9.13 Å². The first-order valence-electron chi connectivity index (χ1n) is 5.81. The van der Waals surface area contributed by atoms with Gasteiger partial charge in [0.05, 0.1) is 0 Å². The van der Waals surface area contributed by atoms with E-state index in [4.69, 9.17) is 19.6 Å². The standard InChI is InChI=1S/C10H14N2O7P2/c13-10(20(14,15)16,21(17,18)19)5-4-8-7-11-9-3-1-2-6-12(8)9/h1-3,6-7,13H,4-5H2,(H2,14,15,16)(H2,17,18,19). The van der Waals surface area contributed by atoms with Crippen LogP contribution in [0.1, 0.15) is 12.1 Å². The van der Waals surface area contributed by atoms with Crippen LogP contribution in [0.4, 0.5) is 0 Å². The number of hydrogen-bond acceptors (Lipinski definition) is 4. The molecule has 0 unspecified atom stereocenters. The van der Waals surface area contributed by atoms with Gasteiger partial charge in [-0.15, -0.1) is 0 Å². The number of pyridine rings is 1. The highest BCUT2D eigenvalue weighted by Crippen LogP contribution is 2.69. The van der Waals surface area contributed by atoms with Crippen molar-refractivity contribution in [2.24, 2.45) is 0 Å². The summed E-state index contributed by atoms with van der Waals surface area (Å²) in [6, 6.07) is 5.14. The molecule has 0 aliphatic rings. The number of hydrogen-bond donors (Lipinski definition) is 5. The number of nitrogens with zero attached hydrogens (tertiary/aromatic N) is 2. The van der Waals surface area contributed by atoms with Gasteiger partial charge in [0.25, 0.3) is 5.08 Å². The summed E-state index contributed by atoms with van der Waals surface area (Å²) in [5.41, 5.74) is 1.04. The maximum absolute atomic E-state index is 11.3. The molecule has 0 saturated heterocycles. The van der Waals surface area contributed by atoms with E-state index in [1.807, 2.05) is 0 Å². The molecule has 0 amide bonds. The Morgan fingerprint density at radius 3 is 2.33 bits per heavy atom. The first-order valence-corrected chi connectivity index (χ1v) is 9.03. The summed E-state index contributed by atoms with van der Waals surface area (Å²) < 4.78 is 24.1. The molecule has 0 saturated carbocycles. The molecule has 2 heterocycles. The Labute approximate surface area is 119 Å². The fourth-order valence-electron chi connectivity index (χ4n) is 1.93. The molecule has 0 aliphatic carbocycles. The zero-order chi connectivity index (χ0) is 15.9. The Morgan fingerprint density at radius 2 is 1.76 bits per heavy atom. The van der Waals surface area contributed by atoms with Gasteiger partial charge >= 0.3 is 15.2 Å². The molecule has 0 spiro atoms. The van der Waals surface area contributed by atoms with E-state index in [1.165, 1.54) is 6.20 Å². The van der Waals surface area contributed by atoms with E-state index in [0.717, 1.165) is 0 Å². The number of aromatic nitrogens is 2. The highest BCUT2D eigenvalue weighted by Gasteiger charge is 2.58. The summed E-state index contributed by atoms with van der Waals surface area (Å²) in [6.45, 7) is 0. The van der Waals surface area contributed by atoms with Gasteiger partial charge in [-0.25, -0.2) is 4.98 Å². The van der Waals surface area contributed by atoms with Crippen LogP contribution in [0, 0.1) is 0 Å². The van der Waals surface area contributed by atoms with Crippen LogP contribution in [0.15, 0.2) is 30.6 Å². The molecule has 0 bridgehead atoms. The van der Waals surface area contributed by atoms with Gasteiger partial charge in [-0.1, -0.05) is 6.07 Å². The molecule has 5 N–H and O–H groups in total. The first kappa shape index (κ1) is 16.3. The zero-order valence-electron chi connectivity index (χ0n) is 10.6. The second-order valence-corrected chi connectivity index (χ2v) is 8.55. The summed E-state index contributed by atoms with van der Waals surface area (Å²) in [7, 11) is -10.9. The van der Waals surface area contributed by atoms with Crippen LogP contribution in [-0.4, -0.2) is 39.1 Å². The van der Waals surface area contributed by atoms with E-state index in [9.17, 15) is 14.2 Å². The Hall–Kier alpha value is -1.05. The lowest BCUT2D eigenvalue weighted by molar-refractivity contribution is 0.123. The molecule has 2 aromatic rings. The van der Waals surface area contributed by atoms with Gasteiger partial charge in [0, 0.05) is 24.5 Å². The molecule has 0 aromatic carbocycles. The van der Waals surface area contributed by atoms with Crippen molar-refractivity contribution >= 4 is 20.8 Å². The monoisotopic (exact) mass is 336 g/mol. The topological polar surface area (TPSA) is 153 Å². The lowest BCUT2D eigenvalue weighted by Crippen LogP contribution is -2.29. The normalized spacial score (nSPS) is 13.8.